The van der Waals surface area contributed by atoms with Gasteiger partial charge >= 0.3 is 5.97 Å². The molecule has 0 N–H and O–H groups in total. The molecule has 2 nitrogen and oxygen atoms in total. The summed E-state index contributed by atoms with van der Waals surface area (Å²) in [7, 11) is 0. The van der Waals surface area contributed by atoms with Crippen LogP contribution in [-0.4, -0.2) is 12.6 Å². The number of carbonyl (C=O) groups excluding carboxylic acids is 1. The van der Waals surface area contributed by atoms with Crippen molar-refractivity contribution in [3.05, 3.63) is 54.1 Å². The molecule has 1 aromatic carbocycles. The quantitative estimate of drug-likeness (QED) is 0.257. The summed E-state index contributed by atoms with van der Waals surface area (Å²) >= 11 is 0. The summed E-state index contributed by atoms with van der Waals surface area (Å²) in [6.07, 6.45) is 14.2. The highest BCUT2D eigenvalue weighted by molar-refractivity contribution is 5.82. The van der Waals surface area contributed by atoms with Crippen molar-refractivity contribution in [3.63, 3.8) is 0 Å². The molecule has 0 aromatic heterocycles. The molecule has 0 unspecified atom stereocenters. The molecular weight excluding hydrogens is 260 g/mol. The second-order valence-electron chi connectivity index (χ2n) is 5.06. The molecule has 0 spiro atoms. The van der Waals surface area contributed by atoms with E-state index in [0.717, 1.165) is 18.4 Å². The third-order valence-electron chi connectivity index (χ3n) is 3.17. The monoisotopic (exact) mass is 286 g/mol. The van der Waals surface area contributed by atoms with E-state index in [9.17, 15) is 4.79 Å². The van der Waals surface area contributed by atoms with Crippen LogP contribution in [0.1, 0.15) is 51.0 Å². The lowest BCUT2D eigenvalue weighted by Crippen LogP contribution is -2.01. The Hall–Kier alpha value is -1.83. The minimum Gasteiger partial charge on any atom is -0.463 e. The van der Waals surface area contributed by atoms with Crippen molar-refractivity contribution in [2.75, 3.05) is 6.61 Å². The van der Waals surface area contributed by atoms with Gasteiger partial charge < -0.3 is 4.74 Å². The largest absolute Gasteiger partial charge is 0.463 e. The van der Waals surface area contributed by atoms with Crippen LogP contribution < -0.4 is 0 Å². The summed E-state index contributed by atoms with van der Waals surface area (Å²) in [5.41, 5.74) is 1.11. The van der Waals surface area contributed by atoms with Crippen LogP contribution in [0, 0.1) is 0 Å². The molecule has 0 atom stereocenters. The van der Waals surface area contributed by atoms with Crippen LogP contribution in [0.3, 0.4) is 0 Å². The highest BCUT2D eigenvalue weighted by Gasteiger charge is 1.95. The van der Waals surface area contributed by atoms with Crippen LogP contribution in [0.15, 0.2) is 48.6 Å². The van der Waals surface area contributed by atoms with Crippen LogP contribution >= 0.6 is 0 Å². The van der Waals surface area contributed by atoms with Gasteiger partial charge in [-0.3, -0.25) is 0 Å². The fourth-order valence-electron chi connectivity index (χ4n) is 1.97. The maximum atomic E-state index is 11.4. The van der Waals surface area contributed by atoms with Crippen LogP contribution in [0.5, 0.6) is 0 Å². The van der Waals surface area contributed by atoms with Crippen molar-refractivity contribution in [1.29, 1.82) is 0 Å². The zero-order chi connectivity index (χ0) is 15.2. The van der Waals surface area contributed by atoms with Crippen molar-refractivity contribution in [2.45, 2.75) is 45.4 Å². The Labute approximate surface area is 128 Å². The van der Waals surface area contributed by atoms with Crippen molar-refractivity contribution in [3.8, 4) is 0 Å². The van der Waals surface area contributed by atoms with Gasteiger partial charge in [-0.1, -0.05) is 87.6 Å². The zero-order valence-electron chi connectivity index (χ0n) is 13.0. The van der Waals surface area contributed by atoms with Crippen molar-refractivity contribution in [2.24, 2.45) is 0 Å². The summed E-state index contributed by atoms with van der Waals surface area (Å²) in [5.74, 6) is -0.263. The third-order valence-corrected chi connectivity index (χ3v) is 3.17. The van der Waals surface area contributed by atoms with Crippen LogP contribution in [-0.2, 0) is 9.53 Å². The molecule has 0 aliphatic carbocycles. The Bertz CT molecular complexity index is 432. The van der Waals surface area contributed by atoms with Crippen LogP contribution in [0.25, 0.3) is 6.08 Å². The summed E-state index contributed by atoms with van der Waals surface area (Å²) < 4.78 is 5.14. The minimum atomic E-state index is -0.263. The first-order valence-corrected chi connectivity index (χ1v) is 7.89. The molecule has 0 fully saturated rings. The number of unbranched alkanes of at least 4 members (excludes halogenated alkanes) is 5. The highest BCUT2D eigenvalue weighted by atomic mass is 16.5. The topological polar surface area (TPSA) is 26.3 Å². The van der Waals surface area contributed by atoms with Crippen LogP contribution in [0.4, 0.5) is 0 Å². The van der Waals surface area contributed by atoms with E-state index in [2.05, 4.69) is 6.92 Å². The van der Waals surface area contributed by atoms with Crippen molar-refractivity contribution < 1.29 is 9.53 Å². The first-order valence-electron chi connectivity index (χ1n) is 7.89. The Kier molecular flexibility index (Phi) is 9.80. The molecule has 0 aliphatic heterocycles. The number of carbonyl (C=O) groups is 1. The van der Waals surface area contributed by atoms with Crippen molar-refractivity contribution in [1.82, 2.24) is 0 Å². The molecule has 0 amide bonds. The summed E-state index contributed by atoms with van der Waals surface area (Å²) in [4.78, 5) is 11.4. The predicted molar refractivity (Wildman–Crippen MR) is 89.0 cm³/mol. The molecule has 1 aromatic rings. The lowest BCUT2D eigenvalue weighted by molar-refractivity contribution is -0.137. The molecule has 0 radical (unpaired) electrons. The number of ether oxygens (including phenoxy) is 1. The van der Waals surface area contributed by atoms with Gasteiger partial charge in [0.15, 0.2) is 0 Å². The molecular formula is C19H26O2. The Morgan fingerprint density at radius 1 is 1.00 bits per heavy atom. The van der Waals surface area contributed by atoms with Gasteiger partial charge in [0.1, 0.15) is 0 Å². The number of benzene rings is 1. The lowest BCUT2D eigenvalue weighted by Gasteiger charge is -2.01. The second-order valence-corrected chi connectivity index (χ2v) is 5.06. The number of rotatable bonds is 10. The predicted octanol–water partition coefficient (Wildman–Crippen LogP) is 5.16. The zero-order valence-corrected chi connectivity index (χ0v) is 13.0. The average molecular weight is 286 g/mol. The van der Waals surface area contributed by atoms with E-state index >= 15 is 0 Å². The Morgan fingerprint density at radius 3 is 2.48 bits per heavy atom. The smallest absolute Gasteiger partial charge is 0.330 e. The first-order chi connectivity index (χ1) is 10.3. The third kappa shape index (κ3) is 9.67. The molecule has 0 bridgehead atoms. The number of hydrogen-bond acceptors (Lipinski definition) is 2. The van der Waals surface area contributed by atoms with Crippen molar-refractivity contribution >= 4 is 12.0 Å². The first kappa shape index (κ1) is 17.2. The van der Waals surface area contributed by atoms with E-state index in [1.807, 2.05) is 42.5 Å². The Morgan fingerprint density at radius 2 is 1.71 bits per heavy atom. The standard InChI is InChI=1S/C19H26O2/c1-2-3-4-5-6-12-17-21-19(20)16-11-10-15-18-13-8-7-9-14-18/h7-11,13-16H,2-6,12,17H2,1H3/b15-10+,16-11+. The summed E-state index contributed by atoms with van der Waals surface area (Å²) in [5, 5.41) is 0. The average Bonchev–Trinajstić information content (AvgIpc) is 2.52. The van der Waals surface area contributed by atoms with Gasteiger partial charge in [0.2, 0.25) is 0 Å². The summed E-state index contributed by atoms with van der Waals surface area (Å²) in [6.45, 7) is 2.73. The molecule has 21 heavy (non-hydrogen) atoms. The molecule has 2 heteroatoms. The molecule has 0 saturated heterocycles. The Balaban J connectivity index is 2.08. The molecule has 114 valence electrons. The van der Waals surface area contributed by atoms with Gasteiger partial charge in [-0.2, -0.15) is 0 Å². The van der Waals surface area contributed by atoms with Gasteiger partial charge in [0.05, 0.1) is 6.61 Å². The number of hydrogen-bond donors (Lipinski definition) is 0. The number of allylic oxidation sites excluding steroid dienone is 2. The highest BCUT2D eigenvalue weighted by Crippen LogP contribution is 2.05. The van der Waals surface area contributed by atoms with E-state index in [0.29, 0.717) is 6.61 Å². The fraction of sp³-hybridized carbons (Fsp3) is 0.421. The van der Waals surface area contributed by atoms with Gasteiger partial charge in [0, 0.05) is 6.08 Å². The summed E-state index contributed by atoms with van der Waals surface area (Å²) in [6, 6.07) is 9.98. The van der Waals surface area contributed by atoms with E-state index in [4.69, 9.17) is 4.74 Å². The maximum Gasteiger partial charge on any atom is 0.330 e. The van der Waals surface area contributed by atoms with E-state index in [1.54, 1.807) is 6.08 Å². The molecule has 1 rings (SSSR count). The van der Waals surface area contributed by atoms with E-state index in [1.165, 1.54) is 31.8 Å². The number of esters is 1. The van der Waals surface area contributed by atoms with Gasteiger partial charge in [-0.15, -0.1) is 0 Å². The van der Waals surface area contributed by atoms with Gasteiger partial charge in [-0.25, -0.2) is 4.79 Å². The maximum absolute atomic E-state index is 11.4. The van der Waals surface area contributed by atoms with E-state index in [-0.39, 0.29) is 5.97 Å². The van der Waals surface area contributed by atoms with E-state index < -0.39 is 0 Å². The normalized spacial score (nSPS) is 11.3. The second kappa shape index (κ2) is 12.0. The fourth-order valence-corrected chi connectivity index (χ4v) is 1.97. The molecule has 0 saturated carbocycles. The molecule has 0 heterocycles. The minimum absolute atomic E-state index is 0.263. The van der Waals surface area contributed by atoms with Crippen LogP contribution in [0.2, 0.25) is 0 Å². The molecule has 0 aliphatic rings. The van der Waals surface area contributed by atoms with Gasteiger partial charge in [-0.05, 0) is 12.0 Å². The lowest BCUT2D eigenvalue weighted by atomic mass is 10.1. The SMILES string of the molecule is CCCCCCCCOC(=O)/C=C/C=C/c1ccccc1. The van der Waals surface area contributed by atoms with Gasteiger partial charge in [0.25, 0.3) is 0 Å².